The molecule has 120 valence electrons. The Kier molecular flexibility index (Phi) is 4.92. The lowest BCUT2D eigenvalue weighted by Crippen LogP contribution is -2.00. The van der Waals surface area contributed by atoms with Gasteiger partial charge in [0, 0.05) is 23.3 Å². The van der Waals surface area contributed by atoms with E-state index >= 15 is 0 Å². The number of hydrogen-bond acceptors (Lipinski definition) is 8. The third-order valence-electron chi connectivity index (χ3n) is 3.10. The first kappa shape index (κ1) is 15.9. The van der Waals surface area contributed by atoms with Crippen LogP contribution >= 0.6 is 23.5 Å². The summed E-state index contributed by atoms with van der Waals surface area (Å²) in [4.78, 5) is 11.7. The van der Waals surface area contributed by atoms with Gasteiger partial charge < -0.3 is 13.6 Å². The van der Waals surface area contributed by atoms with Gasteiger partial charge in [0.2, 0.25) is 5.89 Å². The number of rotatable bonds is 6. The second-order valence-electron chi connectivity index (χ2n) is 4.64. The van der Waals surface area contributed by atoms with Gasteiger partial charge in [0.25, 0.3) is 5.22 Å². The molecule has 2 heterocycles. The van der Waals surface area contributed by atoms with Crippen molar-refractivity contribution in [1.29, 1.82) is 0 Å². The van der Waals surface area contributed by atoms with Crippen LogP contribution in [0.1, 0.15) is 11.5 Å². The Labute approximate surface area is 140 Å². The average Bonchev–Trinajstić information content (AvgIpc) is 2.99. The summed E-state index contributed by atoms with van der Waals surface area (Å²) in [5, 5.41) is 9.31. The van der Waals surface area contributed by atoms with Gasteiger partial charge in [0.1, 0.15) is 11.3 Å². The van der Waals surface area contributed by atoms with Crippen molar-refractivity contribution in [3.63, 3.8) is 0 Å². The number of thioether (sulfide) groups is 2. The maximum absolute atomic E-state index is 11.7. The van der Waals surface area contributed by atoms with Crippen molar-refractivity contribution >= 4 is 34.5 Å². The van der Waals surface area contributed by atoms with E-state index in [0.29, 0.717) is 34.0 Å². The monoisotopic (exact) mass is 350 g/mol. The van der Waals surface area contributed by atoms with E-state index < -0.39 is 5.63 Å². The molecule has 0 spiro atoms. The number of fused-ring (bicyclic) bond motifs is 1. The van der Waals surface area contributed by atoms with E-state index in [1.54, 1.807) is 24.9 Å². The number of nitrogens with zero attached hydrogens (tertiary/aromatic N) is 2. The van der Waals surface area contributed by atoms with Gasteiger partial charge >= 0.3 is 5.63 Å². The van der Waals surface area contributed by atoms with Crippen molar-refractivity contribution in [1.82, 2.24) is 10.2 Å². The second kappa shape index (κ2) is 7.10. The molecule has 23 heavy (non-hydrogen) atoms. The number of ether oxygens (including phenoxy) is 1. The van der Waals surface area contributed by atoms with E-state index in [9.17, 15) is 4.79 Å². The van der Waals surface area contributed by atoms with Crippen LogP contribution in [-0.4, -0.2) is 23.6 Å². The number of benzene rings is 1. The summed E-state index contributed by atoms with van der Waals surface area (Å²) < 4.78 is 15.9. The van der Waals surface area contributed by atoms with Gasteiger partial charge in [-0.25, -0.2) is 4.79 Å². The minimum absolute atomic E-state index is 0.394. The SMILES string of the molecule is COc1ccc2c(CSc3nnc(CSC)o3)cc(=O)oc2c1. The molecule has 0 fully saturated rings. The van der Waals surface area contributed by atoms with Crippen molar-refractivity contribution < 1.29 is 13.6 Å². The lowest BCUT2D eigenvalue weighted by molar-refractivity contribution is 0.414. The smallest absolute Gasteiger partial charge is 0.336 e. The van der Waals surface area contributed by atoms with Crippen LogP contribution in [0.25, 0.3) is 11.0 Å². The fourth-order valence-electron chi connectivity index (χ4n) is 2.07. The normalized spacial score (nSPS) is 11.0. The van der Waals surface area contributed by atoms with Gasteiger partial charge in [0.05, 0.1) is 12.9 Å². The third kappa shape index (κ3) is 3.70. The van der Waals surface area contributed by atoms with Crippen LogP contribution in [0.4, 0.5) is 0 Å². The lowest BCUT2D eigenvalue weighted by atomic mass is 10.1. The summed E-state index contributed by atoms with van der Waals surface area (Å²) in [5.41, 5.74) is 0.963. The van der Waals surface area contributed by atoms with Crippen LogP contribution in [0.5, 0.6) is 5.75 Å². The van der Waals surface area contributed by atoms with Gasteiger partial charge in [-0.05, 0) is 24.0 Å². The molecule has 8 heteroatoms. The second-order valence-corrected chi connectivity index (χ2v) is 6.43. The Bertz CT molecular complexity index is 875. The molecule has 0 N–H and O–H groups in total. The van der Waals surface area contributed by atoms with Crippen LogP contribution < -0.4 is 10.4 Å². The predicted molar refractivity (Wildman–Crippen MR) is 90.1 cm³/mol. The summed E-state index contributed by atoms with van der Waals surface area (Å²) in [7, 11) is 1.57. The third-order valence-corrected chi connectivity index (χ3v) is 4.51. The summed E-state index contributed by atoms with van der Waals surface area (Å²) in [6, 6.07) is 6.90. The van der Waals surface area contributed by atoms with Crippen molar-refractivity contribution in [2.45, 2.75) is 16.7 Å². The van der Waals surface area contributed by atoms with Gasteiger partial charge in [-0.15, -0.1) is 10.2 Å². The van der Waals surface area contributed by atoms with Crippen molar-refractivity contribution in [2.75, 3.05) is 13.4 Å². The predicted octanol–water partition coefficient (Wildman–Crippen LogP) is 3.34. The van der Waals surface area contributed by atoms with Crippen LogP contribution in [0.15, 0.2) is 43.1 Å². The van der Waals surface area contributed by atoms with Gasteiger partial charge in [-0.2, -0.15) is 11.8 Å². The van der Waals surface area contributed by atoms with Crippen LogP contribution in [-0.2, 0) is 11.5 Å². The highest BCUT2D eigenvalue weighted by molar-refractivity contribution is 7.98. The topological polar surface area (TPSA) is 78.4 Å². The number of methoxy groups -OCH3 is 1. The Morgan fingerprint density at radius 3 is 2.83 bits per heavy atom. The van der Waals surface area contributed by atoms with Crippen molar-refractivity contribution in [3.8, 4) is 5.75 Å². The zero-order valence-electron chi connectivity index (χ0n) is 12.6. The molecule has 3 rings (SSSR count). The first-order valence-electron chi connectivity index (χ1n) is 6.74. The highest BCUT2D eigenvalue weighted by Gasteiger charge is 2.11. The first-order chi connectivity index (χ1) is 11.2. The number of hydrogen-bond donors (Lipinski definition) is 0. The highest BCUT2D eigenvalue weighted by Crippen LogP contribution is 2.28. The van der Waals surface area contributed by atoms with E-state index in [1.165, 1.54) is 17.8 Å². The quantitative estimate of drug-likeness (QED) is 0.495. The zero-order valence-corrected chi connectivity index (χ0v) is 14.2. The van der Waals surface area contributed by atoms with E-state index in [0.717, 1.165) is 10.9 Å². The maximum atomic E-state index is 11.7. The van der Waals surface area contributed by atoms with Crippen LogP contribution in [0.2, 0.25) is 0 Å². The molecule has 0 amide bonds. The Morgan fingerprint density at radius 2 is 2.04 bits per heavy atom. The zero-order chi connectivity index (χ0) is 16.2. The Hall–Kier alpha value is -1.93. The van der Waals surface area contributed by atoms with E-state index in [-0.39, 0.29) is 0 Å². The summed E-state index contributed by atoms with van der Waals surface area (Å²) in [5.74, 6) is 2.46. The van der Waals surface area contributed by atoms with Gasteiger partial charge in [-0.1, -0.05) is 11.8 Å². The van der Waals surface area contributed by atoms with E-state index in [4.69, 9.17) is 13.6 Å². The minimum atomic E-state index is -0.394. The first-order valence-corrected chi connectivity index (χ1v) is 9.12. The van der Waals surface area contributed by atoms with Gasteiger partial charge in [0.15, 0.2) is 0 Å². The highest BCUT2D eigenvalue weighted by atomic mass is 32.2. The number of aromatic nitrogens is 2. The van der Waals surface area contributed by atoms with Crippen LogP contribution in [0, 0.1) is 0 Å². The molecule has 2 aromatic heterocycles. The fourth-order valence-corrected chi connectivity index (χ4v) is 3.21. The molecule has 6 nitrogen and oxygen atoms in total. The van der Waals surface area contributed by atoms with Crippen LogP contribution in [0.3, 0.4) is 0 Å². The van der Waals surface area contributed by atoms with Crippen molar-refractivity contribution in [2.24, 2.45) is 0 Å². The molecule has 0 aliphatic heterocycles. The fraction of sp³-hybridized carbons (Fsp3) is 0.267. The molecule has 0 bridgehead atoms. The molecule has 0 atom stereocenters. The largest absolute Gasteiger partial charge is 0.497 e. The molecule has 0 radical (unpaired) electrons. The molecule has 0 aliphatic rings. The summed E-state index contributed by atoms with van der Waals surface area (Å²) in [6.07, 6.45) is 1.97. The maximum Gasteiger partial charge on any atom is 0.336 e. The molecule has 0 saturated carbocycles. The Balaban J connectivity index is 1.85. The van der Waals surface area contributed by atoms with E-state index in [1.807, 2.05) is 18.4 Å². The summed E-state index contributed by atoms with van der Waals surface area (Å²) >= 11 is 3.01. The average molecular weight is 350 g/mol. The van der Waals surface area contributed by atoms with E-state index in [2.05, 4.69) is 10.2 Å². The molecular weight excluding hydrogens is 336 g/mol. The molecular formula is C15H14N2O4S2. The lowest BCUT2D eigenvalue weighted by Gasteiger charge is -2.05. The molecule has 0 saturated heterocycles. The molecule has 0 unspecified atom stereocenters. The van der Waals surface area contributed by atoms with Gasteiger partial charge in [-0.3, -0.25) is 0 Å². The van der Waals surface area contributed by atoms with Crippen molar-refractivity contribution in [3.05, 3.63) is 46.1 Å². The Morgan fingerprint density at radius 1 is 1.17 bits per heavy atom. The summed E-state index contributed by atoms with van der Waals surface area (Å²) in [6.45, 7) is 0. The molecule has 0 aliphatic carbocycles. The minimum Gasteiger partial charge on any atom is -0.497 e. The molecule has 3 aromatic rings. The standard InChI is InChI=1S/C15H14N2O4S2/c1-19-10-3-4-11-9(5-14(18)20-12(11)6-10)7-23-15-17-16-13(21-15)8-22-2/h3-6H,7-8H2,1-2H3. The molecule has 1 aromatic carbocycles.